The highest BCUT2D eigenvalue weighted by molar-refractivity contribution is 5.70. The molecule has 3 heteroatoms. The molecule has 0 aromatic heterocycles. The molecule has 0 N–H and O–H groups in total. The fourth-order valence-electron chi connectivity index (χ4n) is 1.92. The molecule has 0 fully saturated rings. The Kier molecular flexibility index (Phi) is 7.13. The number of rotatable bonds is 7. The lowest BCUT2D eigenvalue weighted by Crippen LogP contribution is -2.13. The highest BCUT2D eigenvalue weighted by Crippen LogP contribution is 2.26. The first kappa shape index (κ1) is 16.0. The first-order chi connectivity index (χ1) is 9.72. The van der Waals surface area contributed by atoms with E-state index in [0.717, 1.165) is 24.8 Å². The Hall–Kier alpha value is -2.08. The average Bonchev–Trinajstić information content (AvgIpc) is 2.48. The highest BCUT2D eigenvalue weighted by Gasteiger charge is 2.20. The van der Waals surface area contributed by atoms with Gasteiger partial charge in [0.2, 0.25) is 0 Å². The van der Waals surface area contributed by atoms with Crippen molar-refractivity contribution >= 4 is 5.97 Å². The number of benzene rings is 1. The highest BCUT2D eigenvalue weighted by atomic mass is 16.5. The lowest BCUT2D eigenvalue weighted by molar-refractivity contribution is -0.147. The summed E-state index contributed by atoms with van der Waals surface area (Å²) in [5.41, 5.74) is 1.28. The predicted molar refractivity (Wildman–Crippen MR) is 78.8 cm³/mol. The van der Waals surface area contributed by atoms with E-state index in [2.05, 4.69) is 13.0 Å². The molecule has 0 spiro atoms. The number of carbonyl (C=O) groups is 1. The summed E-state index contributed by atoms with van der Waals surface area (Å²) in [6, 6.07) is 11.5. The minimum Gasteiger partial charge on any atom is -0.452 e. The van der Waals surface area contributed by atoms with Crippen LogP contribution in [0.1, 0.15) is 51.2 Å². The maximum absolute atomic E-state index is 11.9. The molecule has 0 bridgehead atoms. The van der Waals surface area contributed by atoms with E-state index in [0.29, 0.717) is 12.0 Å². The monoisotopic (exact) mass is 271 g/mol. The zero-order valence-electron chi connectivity index (χ0n) is 12.1. The van der Waals surface area contributed by atoms with Crippen molar-refractivity contribution < 1.29 is 9.53 Å². The van der Waals surface area contributed by atoms with Crippen LogP contribution in [0.4, 0.5) is 0 Å². The van der Waals surface area contributed by atoms with Crippen LogP contribution in [0, 0.1) is 11.3 Å². The van der Waals surface area contributed by atoms with Crippen molar-refractivity contribution in [3.05, 3.63) is 47.5 Å². The minimum absolute atomic E-state index is 0.248. The molecule has 0 radical (unpaired) electrons. The van der Waals surface area contributed by atoms with Crippen molar-refractivity contribution in [2.24, 2.45) is 0 Å². The Morgan fingerprint density at radius 2 is 2.05 bits per heavy atom. The molecule has 1 rings (SSSR count). The third kappa shape index (κ3) is 4.89. The number of unbranched alkanes of at least 4 members (excludes halogenated alkanes) is 2. The van der Waals surface area contributed by atoms with Crippen LogP contribution >= 0.6 is 0 Å². The molecule has 1 aromatic rings. The van der Waals surface area contributed by atoms with E-state index in [4.69, 9.17) is 4.74 Å². The van der Waals surface area contributed by atoms with Crippen LogP contribution in [0.15, 0.2) is 42.0 Å². The third-order valence-electron chi connectivity index (χ3n) is 3.06. The van der Waals surface area contributed by atoms with Crippen molar-refractivity contribution in [1.82, 2.24) is 0 Å². The number of hydrogen-bond donors (Lipinski definition) is 0. The van der Waals surface area contributed by atoms with Crippen molar-refractivity contribution in [2.75, 3.05) is 0 Å². The largest absolute Gasteiger partial charge is 0.452 e. The lowest BCUT2D eigenvalue weighted by Gasteiger charge is -2.17. The zero-order chi connectivity index (χ0) is 14.8. The number of nitriles is 1. The number of allylic oxidation sites excluding steroid dienone is 1. The number of ether oxygens (including phenoxy) is 1. The molecular formula is C17H21NO2. The van der Waals surface area contributed by atoms with Crippen LogP contribution < -0.4 is 0 Å². The van der Waals surface area contributed by atoms with E-state index >= 15 is 0 Å². The molecule has 0 saturated heterocycles. The van der Waals surface area contributed by atoms with Crippen LogP contribution in [-0.4, -0.2) is 5.97 Å². The number of carbonyl (C=O) groups excluding carboxylic acids is 1. The molecule has 0 saturated carbocycles. The maximum atomic E-state index is 11.9. The van der Waals surface area contributed by atoms with Gasteiger partial charge in [0.1, 0.15) is 0 Å². The molecule has 0 aliphatic carbocycles. The quantitative estimate of drug-likeness (QED) is 0.421. The summed E-state index contributed by atoms with van der Waals surface area (Å²) < 4.78 is 5.50. The SMILES string of the molecule is C/C=C(\C#N)C(OC(=O)CCCCC)c1ccccc1. The first-order valence-electron chi connectivity index (χ1n) is 7.03. The predicted octanol–water partition coefficient (Wildman–Crippen LogP) is 4.32. The topological polar surface area (TPSA) is 50.1 Å². The molecule has 1 unspecified atom stereocenters. The van der Waals surface area contributed by atoms with Gasteiger partial charge in [-0.3, -0.25) is 4.79 Å². The summed E-state index contributed by atoms with van der Waals surface area (Å²) in [5, 5.41) is 9.18. The molecule has 3 nitrogen and oxygen atoms in total. The molecule has 20 heavy (non-hydrogen) atoms. The van der Waals surface area contributed by atoms with Gasteiger partial charge in [-0.25, -0.2) is 0 Å². The number of esters is 1. The summed E-state index contributed by atoms with van der Waals surface area (Å²) in [5.74, 6) is -0.248. The molecule has 0 heterocycles. The van der Waals surface area contributed by atoms with E-state index in [9.17, 15) is 10.1 Å². The Morgan fingerprint density at radius 3 is 2.60 bits per heavy atom. The normalized spacial score (nSPS) is 12.6. The molecule has 0 aliphatic heterocycles. The van der Waals surface area contributed by atoms with Crippen LogP contribution in [0.3, 0.4) is 0 Å². The molecule has 0 aliphatic rings. The smallest absolute Gasteiger partial charge is 0.306 e. The Bertz CT molecular complexity index is 485. The Labute approximate surface area is 120 Å². The van der Waals surface area contributed by atoms with Gasteiger partial charge >= 0.3 is 5.97 Å². The first-order valence-corrected chi connectivity index (χ1v) is 7.03. The average molecular weight is 271 g/mol. The summed E-state index contributed by atoms with van der Waals surface area (Å²) in [4.78, 5) is 11.9. The number of hydrogen-bond acceptors (Lipinski definition) is 3. The van der Waals surface area contributed by atoms with Crippen LogP contribution in [0.5, 0.6) is 0 Å². The van der Waals surface area contributed by atoms with Gasteiger partial charge in [-0.05, 0) is 18.9 Å². The van der Waals surface area contributed by atoms with Gasteiger partial charge in [0.15, 0.2) is 6.10 Å². The molecule has 1 aromatic carbocycles. The van der Waals surface area contributed by atoms with Gasteiger partial charge in [0, 0.05) is 6.42 Å². The molecular weight excluding hydrogens is 250 g/mol. The molecule has 1 atom stereocenters. The Morgan fingerprint density at radius 1 is 1.35 bits per heavy atom. The van der Waals surface area contributed by atoms with E-state index in [1.54, 1.807) is 13.0 Å². The maximum Gasteiger partial charge on any atom is 0.306 e. The fourth-order valence-corrected chi connectivity index (χ4v) is 1.92. The van der Waals surface area contributed by atoms with E-state index < -0.39 is 6.10 Å². The summed E-state index contributed by atoms with van der Waals surface area (Å²) in [7, 11) is 0. The van der Waals surface area contributed by atoms with Gasteiger partial charge in [0.05, 0.1) is 11.6 Å². The summed E-state index contributed by atoms with van der Waals surface area (Å²) >= 11 is 0. The van der Waals surface area contributed by atoms with Crippen LogP contribution in [0.2, 0.25) is 0 Å². The molecule has 106 valence electrons. The Balaban J connectivity index is 2.80. The van der Waals surface area contributed by atoms with Crippen molar-refractivity contribution in [2.45, 2.75) is 45.6 Å². The summed E-state index contributed by atoms with van der Waals surface area (Å²) in [6.07, 6.45) is 4.40. The van der Waals surface area contributed by atoms with Crippen molar-refractivity contribution in [3.8, 4) is 6.07 Å². The lowest BCUT2D eigenvalue weighted by atomic mass is 10.0. The second-order valence-corrected chi connectivity index (χ2v) is 4.59. The van der Waals surface area contributed by atoms with Gasteiger partial charge in [-0.1, -0.05) is 56.2 Å². The van der Waals surface area contributed by atoms with E-state index in [-0.39, 0.29) is 5.97 Å². The van der Waals surface area contributed by atoms with Gasteiger partial charge < -0.3 is 4.74 Å². The van der Waals surface area contributed by atoms with Gasteiger partial charge in [-0.15, -0.1) is 0 Å². The molecule has 0 amide bonds. The van der Waals surface area contributed by atoms with E-state index in [1.165, 1.54) is 0 Å². The van der Waals surface area contributed by atoms with E-state index in [1.807, 2.05) is 30.3 Å². The van der Waals surface area contributed by atoms with Gasteiger partial charge in [0.25, 0.3) is 0 Å². The van der Waals surface area contributed by atoms with Gasteiger partial charge in [-0.2, -0.15) is 5.26 Å². The van der Waals surface area contributed by atoms with Crippen molar-refractivity contribution in [3.63, 3.8) is 0 Å². The third-order valence-corrected chi connectivity index (χ3v) is 3.06. The summed E-state index contributed by atoms with van der Waals surface area (Å²) in [6.45, 7) is 3.87. The standard InChI is InChI=1S/C17H21NO2/c1-3-5-7-12-16(19)20-17(14(4-2)13-18)15-10-8-6-9-11-15/h4,6,8-11,17H,3,5,7,12H2,1-2H3/b14-4+. The second-order valence-electron chi connectivity index (χ2n) is 4.59. The zero-order valence-corrected chi connectivity index (χ0v) is 12.1. The number of nitrogens with zero attached hydrogens (tertiary/aromatic N) is 1. The van der Waals surface area contributed by atoms with Crippen molar-refractivity contribution in [1.29, 1.82) is 5.26 Å². The van der Waals surface area contributed by atoms with Crippen LogP contribution in [-0.2, 0) is 9.53 Å². The fraction of sp³-hybridized carbons (Fsp3) is 0.412. The van der Waals surface area contributed by atoms with Crippen LogP contribution in [0.25, 0.3) is 0 Å². The minimum atomic E-state index is -0.597. The second kappa shape index (κ2) is 8.92.